The van der Waals surface area contributed by atoms with E-state index in [4.69, 9.17) is 14.9 Å². The Morgan fingerprint density at radius 3 is 2.19 bits per heavy atom. The van der Waals surface area contributed by atoms with E-state index in [0.29, 0.717) is 0 Å². The quantitative estimate of drug-likeness (QED) is 0.584. The molecule has 1 rings (SSSR count). The lowest BCUT2D eigenvalue weighted by atomic mass is 9.99. The van der Waals surface area contributed by atoms with E-state index in [0.717, 1.165) is 22.3 Å². The molecule has 2 unspecified atom stereocenters. The van der Waals surface area contributed by atoms with E-state index in [1.807, 2.05) is 26.8 Å². The molecule has 0 aromatic heterocycles. The number of carbonyl (C=O) groups excluding carboxylic acids is 1. The Hall–Kier alpha value is -1.96. The second-order valence-corrected chi connectivity index (χ2v) is 4.63. The first kappa shape index (κ1) is 19.0. The van der Waals surface area contributed by atoms with Gasteiger partial charge in [0.2, 0.25) is 0 Å². The summed E-state index contributed by atoms with van der Waals surface area (Å²) in [7, 11) is 0. The molecular weight excluding hydrogens is 278 g/mol. The molecule has 0 spiro atoms. The van der Waals surface area contributed by atoms with Crippen LogP contribution >= 0.6 is 0 Å². The van der Waals surface area contributed by atoms with Gasteiger partial charge in [0, 0.05) is 0 Å². The number of hydrogen-bond donors (Lipinski definition) is 4. The van der Waals surface area contributed by atoms with Crippen molar-refractivity contribution in [1.29, 1.82) is 0 Å². The Labute approximate surface area is 122 Å². The first-order chi connectivity index (χ1) is 9.25. The topological polar surface area (TPSA) is 139 Å². The second-order valence-electron chi connectivity index (χ2n) is 4.63. The Kier molecular flexibility index (Phi) is 7.00. The summed E-state index contributed by atoms with van der Waals surface area (Å²) >= 11 is 0. The summed E-state index contributed by atoms with van der Waals surface area (Å²) < 4.78 is 4.82. The molecule has 0 aliphatic carbocycles. The summed E-state index contributed by atoms with van der Waals surface area (Å²) in [5.41, 5.74) is 3.91. The van der Waals surface area contributed by atoms with Crippen LogP contribution in [0.3, 0.4) is 0 Å². The molecule has 0 bridgehead atoms. The van der Waals surface area contributed by atoms with Gasteiger partial charge in [-0.3, -0.25) is 0 Å². The van der Waals surface area contributed by atoms with Crippen LogP contribution in [-0.2, 0) is 20.9 Å². The largest absolute Gasteiger partial charge is 0.479 e. The zero-order valence-electron chi connectivity index (χ0n) is 12.3. The highest BCUT2D eigenvalue weighted by molar-refractivity contribution is 5.84. The Morgan fingerprint density at radius 2 is 1.67 bits per heavy atom. The SMILES string of the molecule is Cc1ccc(COC(=O)C(O)C(O)C(=O)O)c(C)c1C.N. The Bertz CT molecular complexity index is 528. The highest BCUT2D eigenvalue weighted by Gasteiger charge is 2.31. The van der Waals surface area contributed by atoms with Gasteiger partial charge in [-0.05, 0) is 43.0 Å². The van der Waals surface area contributed by atoms with Crippen LogP contribution in [0, 0.1) is 20.8 Å². The van der Waals surface area contributed by atoms with Crippen LogP contribution in [0.2, 0.25) is 0 Å². The molecule has 0 saturated carbocycles. The van der Waals surface area contributed by atoms with Crippen molar-refractivity contribution in [2.75, 3.05) is 0 Å². The van der Waals surface area contributed by atoms with Crippen LogP contribution in [0.1, 0.15) is 22.3 Å². The van der Waals surface area contributed by atoms with Crippen LogP contribution in [0.25, 0.3) is 0 Å². The highest BCUT2D eigenvalue weighted by Crippen LogP contribution is 2.18. The van der Waals surface area contributed by atoms with Gasteiger partial charge < -0.3 is 26.2 Å². The number of aliphatic hydroxyl groups is 2. The summed E-state index contributed by atoms with van der Waals surface area (Å²) in [6, 6.07) is 3.68. The van der Waals surface area contributed by atoms with E-state index >= 15 is 0 Å². The van der Waals surface area contributed by atoms with Gasteiger partial charge in [-0.15, -0.1) is 0 Å². The number of carbonyl (C=O) groups is 2. The number of carboxylic acid groups (broad SMARTS) is 1. The lowest BCUT2D eigenvalue weighted by molar-refractivity contribution is -0.170. The van der Waals surface area contributed by atoms with Gasteiger partial charge >= 0.3 is 11.9 Å². The van der Waals surface area contributed by atoms with Crippen molar-refractivity contribution in [3.05, 3.63) is 34.4 Å². The van der Waals surface area contributed by atoms with Gasteiger partial charge in [0.05, 0.1) is 0 Å². The molecule has 0 aliphatic heterocycles. The number of aliphatic hydroxyl groups excluding tert-OH is 2. The van der Waals surface area contributed by atoms with Crippen molar-refractivity contribution in [2.45, 2.75) is 39.6 Å². The number of hydrogen-bond acceptors (Lipinski definition) is 6. The smallest absolute Gasteiger partial charge is 0.338 e. The number of rotatable bonds is 5. The average molecular weight is 299 g/mol. The molecule has 0 fully saturated rings. The summed E-state index contributed by atoms with van der Waals surface area (Å²) in [5, 5.41) is 26.8. The third kappa shape index (κ3) is 4.52. The fraction of sp³-hybridized carbons (Fsp3) is 0.429. The van der Waals surface area contributed by atoms with Gasteiger partial charge in [0.15, 0.2) is 12.2 Å². The Balaban J connectivity index is 0.00000400. The molecule has 0 amide bonds. The van der Waals surface area contributed by atoms with Crippen LogP contribution in [0.5, 0.6) is 0 Å². The lowest BCUT2D eigenvalue weighted by Crippen LogP contribution is -2.40. The van der Waals surface area contributed by atoms with Crippen molar-refractivity contribution >= 4 is 11.9 Å². The van der Waals surface area contributed by atoms with Gasteiger partial charge in [0.25, 0.3) is 0 Å². The van der Waals surface area contributed by atoms with Crippen LogP contribution in [-0.4, -0.2) is 39.5 Å². The van der Waals surface area contributed by atoms with Gasteiger partial charge in [0.1, 0.15) is 6.61 Å². The minimum atomic E-state index is -2.19. The lowest BCUT2D eigenvalue weighted by Gasteiger charge is -2.15. The van der Waals surface area contributed by atoms with E-state index in [2.05, 4.69) is 0 Å². The predicted octanol–water partition coefficient (Wildman–Crippen LogP) is 0.623. The first-order valence-corrected chi connectivity index (χ1v) is 6.07. The summed E-state index contributed by atoms with van der Waals surface area (Å²) in [6.45, 7) is 5.70. The molecule has 1 aromatic carbocycles. The molecule has 0 radical (unpaired) electrons. The molecular formula is C14H21NO6. The minimum absolute atomic E-state index is 0. The third-order valence-electron chi connectivity index (χ3n) is 3.33. The number of esters is 1. The molecule has 7 nitrogen and oxygen atoms in total. The molecule has 1 aromatic rings. The van der Waals surface area contributed by atoms with Crippen molar-refractivity contribution in [3.63, 3.8) is 0 Å². The minimum Gasteiger partial charge on any atom is -0.479 e. The molecule has 0 aliphatic rings. The number of ether oxygens (including phenoxy) is 1. The molecule has 6 N–H and O–H groups in total. The summed E-state index contributed by atoms with van der Waals surface area (Å²) in [4.78, 5) is 21.9. The van der Waals surface area contributed by atoms with E-state index < -0.39 is 24.1 Å². The normalized spacial score (nSPS) is 13.0. The zero-order valence-corrected chi connectivity index (χ0v) is 12.3. The molecule has 2 atom stereocenters. The third-order valence-corrected chi connectivity index (χ3v) is 3.33. The maximum absolute atomic E-state index is 11.4. The second kappa shape index (κ2) is 7.72. The van der Waals surface area contributed by atoms with Crippen molar-refractivity contribution in [3.8, 4) is 0 Å². The maximum atomic E-state index is 11.4. The molecule has 0 heterocycles. The van der Waals surface area contributed by atoms with E-state index in [1.54, 1.807) is 6.07 Å². The van der Waals surface area contributed by atoms with Crippen molar-refractivity contribution in [1.82, 2.24) is 6.15 Å². The van der Waals surface area contributed by atoms with Crippen LogP contribution in [0.4, 0.5) is 0 Å². The van der Waals surface area contributed by atoms with Crippen molar-refractivity contribution in [2.24, 2.45) is 0 Å². The molecule has 7 heteroatoms. The monoisotopic (exact) mass is 299 g/mol. The fourth-order valence-corrected chi connectivity index (χ4v) is 1.67. The average Bonchev–Trinajstić information content (AvgIpc) is 2.41. The highest BCUT2D eigenvalue weighted by atomic mass is 16.5. The Morgan fingerprint density at radius 1 is 1.10 bits per heavy atom. The molecule has 118 valence electrons. The first-order valence-electron chi connectivity index (χ1n) is 6.07. The number of carboxylic acids is 1. The van der Waals surface area contributed by atoms with Crippen LogP contribution < -0.4 is 6.15 Å². The summed E-state index contributed by atoms with van der Waals surface area (Å²) in [5.74, 6) is -2.85. The number of benzene rings is 1. The van der Waals surface area contributed by atoms with Gasteiger partial charge in [-0.2, -0.15) is 0 Å². The van der Waals surface area contributed by atoms with Gasteiger partial charge in [-0.25, -0.2) is 9.59 Å². The zero-order chi connectivity index (χ0) is 15.4. The van der Waals surface area contributed by atoms with Crippen molar-refractivity contribution < 1.29 is 29.6 Å². The van der Waals surface area contributed by atoms with Crippen LogP contribution in [0.15, 0.2) is 12.1 Å². The number of aliphatic carboxylic acids is 1. The molecule has 21 heavy (non-hydrogen) atoms. The van der Waals surface area contributed by atoms with E-state index in [9.17, 15) is 14.7 Å². The van der Waals surface area contributed by atoms with Gasteiger partial charge in [-0.1, -0.05) is 12.1 Å². The number of aryl methyl sites for hydroxylation is 1. The standard InChI is InChI=1S/C14H18O6.H3N/c1-7-4-5-10(9(3)8(7)2)6-20-14(19)12(16)11(15)13(17)18;/h4-5,11-12,15-16H,6H2,1-3H3,(H,17,18);1H3. The summed E-state index contributed by atoms with van der Waals surface area (Å²) in [6.07, 6.45) is -4.29. The van der Waals surface area contributed by atoms with E-state index in [1.165, 1.54) is 0 Å². The predicted molar refractivity (Wildman–Crippen MR) is 75.1 cm³/mol. The maximum Gasteiger partial charge on any atom is 0.338 e. The van der Waals surface area contributed by atoms with E-state index in [-0.39, 0.29) is 12.8 Å². The molecule has 0 saturated heterocycles. The fourth-order valence-electron chi connectivity index (χ4n) is 1.67.